The number of benzene rings is 2. The van der Waals surface area contributed by atoms with Gasteiger partial charge in [-0.25, -0.2) is 4.79 Å². The van der Waals surface area contributed by atoms with Crippen LogP contribution in [0.1, 0.15) is 5.56 Å². The van der Waals surface area contributed by atoms with Gasteiger partial charge in [0.25, 0.3) is 5.91 Å². The van der Waals surface area contributed by atoms with Crippen LogP contribution in [0.3, 0.4) is 0 Å². The Kier molecular flexibility index (Phi) is 5.88. The Bertz CT molecular complexity index is 788. The molecule has 1 amide bonds. The van der Waals surface area contributed by atoms with Crippen LogP contribution in [-0.2, 0) is 14.3 Å². The van der Waals surface area contributed by atoms with E-state index < -0.39 is 11.9 Å². The van der Waals surface area contributed by atoms with E-state index in [2.05, 4.69) is 5.32 Å². The molecule has 1 atom stereocenters. The van der Waals surface area contributed by atoms with E-state index in [-0.39, 0.29) is 19.3 Å². The van der Waals surface area contributed by atoms with Crippen LogP contribution in [0.5, 0.6) is 11.5 Å². The summed E-state index contributed by atoms with van der Waals surface area (Å²) in [7, 11) is 0. The molecule has 1 aliphatic heterocycles. The number of rotatable bonds is 6. The van der Waals surface area contributed by atoms with Crippen LogP contribution in [0.15, 0.2) is 60.7 Å². The fourth-order valence-electron chi connectivity index (χ4n) is 2.36. The Morgan fingerprint density at radius 2 is 1.81 bits per heavy atom. The highest BCUT2D eigenvalue weighted by Gasteiger charge is 2.21. The number of hydrogen-bond donors (Lipinski definition) is 1. The van der Waals surface area contributed by atoms with Crippen molar-refractivity contribution in [2.75, 3.05) is 19.8 Å². The Morgan fingerprint density at radius 1 is 1.08 bits per heavy atom. The summed E-state index contributed by atoms with van der Waals surface area (Å²) in [5.74, 6) is 0.369. The Balaban J connectivity index is 1.37. The van der Waals surface area contributed by atoms with Crippen molar-refractivity contribution in [2.24, 2.45) is 0 Å². The molecule has 2 aromatic rings. The van der Waals surface area contributed by atoms with Gasteiger partial charge in [0.15, 0.2) is 18.1 Å². The van der Waals surface area contributed by atoms with Gasteiger partial charge in [-0.15, -0.1) is 0 Å². The average molecular weight is 353 g/mol. The average Bonchev–Trinajstić information content (AvgIpc) is 2.69. The minimum atomic E-state index is -0.574. The number of fused-ring (bicyclic) bond motifs is 1. The summed E-state index contributed by atoms with van der Waals surface area (Å²) in [4.78, 5) is 23.4. The van der Waals surface area contributed by atoms with Crippen molar-refractivity contribution in [3.63, 3.8) is 0 Å². The molecule has 6 heteroatoms. The first kappa shape index (κ1) is 17.5. The third-order valence-electron chi connectivity index (χ3n) is 3.65. The normalized spacial score (nSPS) is 15.5. The lowest BCUT2D eigenvalue weighted by atomic mass is 10.2. The second-order valence-corrected chi connectivity index (χ2v) is 5.65. The van der Waals surface area contributed by atoms with E-state index in [0.717, 1.165) is 5.56 Å². The topological polar surface area (TPSA) is 73.9 Å². The molecule has 1 aliphatic rings. The highest BCUT2D eigenvalue weighted by molar-refractivity contribution is 5.89. The molecule has 0 fully saturated rings. The summed E-state index contributed by atoms with van der Waals surface area (Å²) in [6, 6.07) is 16.7. The van der Waals surface area contributed by atoms with E-state index in [9.17, 15) is 9.59 Å². The zero-order valence-electron chi connectivity index (χ0n) is 14.1. The number of esters is 1. The van der Waals surface area contributed by atoms with Crippen molar-refractivity contribution in [3.8, 4) is 11.5 Å². The first-order valence-corrected chi connectivity index (χ1v) is 8.26. The number of carbonyl (C=O) groups is 2. The summed E-state index contributed by atoms with van der Waals surface area (Å²) in [6.07, 6.45) is 2.63. The van der Waals surface area contributed by atoms with Gasteiger partial charge in [0.2, 0.25) is 0 Å². The van der Waals surface area contributed by atoms with Crippen LogP contribution >= 0.6 is 0 Å². The van der Waals surface area contributed by atoms with E-state index in [0.29, 0.717) is 18.1 Å². The highest BCUT2D eigenvalue weighted by Crippen LogP contribution is 2.30. The maximum Gasteiger partial charge on any atom is 0.331 e. The van der Waals surface area contributed by atoms with Gasteiger partial charge in [0.1, 0.15) is 12.7 Å². The summed E-state index contributed by atoms with van der Waals surface area (Å²) < 4.78 is 16.2. The molecule has 0 bridgehead atoms. The first-order valence-electron chi connectivity index (χ1n) is 8.26. The van der Waals surface area contributed by atoms with Gasteiger partial charge < -0.3 is 19.5 Å². The summed E-state index contributed by atoms with van der Waals surface area (Å²) in [6.45, 7) is 0.267. The third kappa shape index (κ3) is 5.11. The number of hydrogen-bond acceptors (Lipinski definition) is 5. The zero-order valence-corrected chi connectivity index (χ0v) is 14.1. The standard InChI is InChI=1S/C20H19NO5/c22-19(14-25-20(23)11-10-15-6-2-1-3-7-15)21-12-16-13-24-17-8-4-5-9-18(17)26-16/h1-11,16H,12-14H2,(H,21,22)/b11-10+/t16-/m0/s1. The van der Waals surface area contributed by atoms with Gasteiger partial charge in [-0.2, -0.15) is 0 Å². The quantitative estimate of drug-likeness (QED) is 0.637. The lowest BCUT2D eigenvalue weighted by Crippen LogP contribution is -2.42. The second-order valence-electron chi connectivity index (χ2n) is 5.65. The van der Waals surface area contributed by atoms with Crippen molar-refractivity contribution in [1.29, 1.82) is 0 Å². The molecule has 26 heavy (non-hydrogen) atoms. The van der Waals surface area contributed by atoms with E-state index in [1.807, 2.05) is 54.6 Å². The Hall–Kier alpha value is -3.28. The van der Waals surface area contributed by atoms with E-state index in [1.54, 1.807) is 6.08 Å². The van der Waals surface area contributed by atoms with Crippen molar-refractivity contribution in [2.45, 2.75) is 6.10 Å². The van der Waals surface area contributed by atoms with Gasteiger partial charge in [0, 0.05) is 6.08 Å². The minimum Gasteiger partial charge on any atom is -0.486 e. The summed E-state index contributed by atoms with van der Waals surface area (Å²) >= 11 is 0. The fraction of sp³-hybridized carbons (Fsp3) is 0.200. The van der Waals surface area contributed by atoms with Gasteiger partial charge in [0.05, 0.1) is 6.54 Å². The molecule has 3 rings (SSSR count). The van der Waals surface area contributed by atoms with E-state index in [4.69, 9.17) is 14.2 Å². The van der Waals surface area contributed by atoms with Crippen LogP contribution in [0.2, 0.25) is 0 Å². The van der Waals surface area contributed by atoms with Gasteiger partial charge >= 0.3 is 5.97 Å². The number of carbonyl (C=O) groups excluding carboxylic acids is 2. The van der Waals surface area contributed by atoms with Crippen molar-refractivity contribution in [3.05, 3.63) is 66.2 Å². The highest BCUT2D eigenvalue weighted by atomic mass is 16.6. The van der Waals surface area contributed by atoms with Crippen LogP contribution in [0.4, 0.5) is 0 Å². The smallest absolute Gasteiger partial charge is 0.331 e. The van der Waals surface area contributed by atoms with Gasteiger partial charge in [-0.3, -0.25) is 4.79 Å². The van der Waals surface area contributed by atoms with Crippen LogP contribution < -0.4 is 14.8 Å². The molecule has 2 aromatic carbocycles. The predicted molar refractivity (Wildman–Crippen MR) is 95.8 cm³/mol. The molecule has 6 nitrogen and oxygen atoms in total. The maximum absolute atomic E-state index is 11.8. The maximum atomic E-state index is 11.8. The minimum absolute atomic E-state index is 0.268. The van der Waals surface area contributed by atoms with Crippen molar-refractivity contribution >= 4 is 18.0 Å². The van der Waals surface area contributed by atoms with Crippen LogP contribution in [-0.4, -0.2) is 37.7 Å². The number of para-hydroxylation sites is 2. The van der Waals surface area contributed by atoms with Gasteiger partial charge in [-0.1, -0.05) is 42.5 Å². The SMILES string of the molecule is O=C(COC(=O)/C=C/c1ccccc1)NC[C@H]1COc2ccccc2O1. The van der Waals surface area contributed by atoms with Crippen LogP contribution in [0, 0.1) is 0 Å². The summed E-state index contributed by atoms with van der Waals surface area (Å²) in [5, 5.41) is 2.67. The second kappa shape index (κ2) is 8.71. The fourth-order valence-corrected chi connectivity index (χ4v) is 2.36. The summed E-state index contributed by atoms with van der Waals surface area (Å²) in [5.41, 5.74) is 0.878. The number of amides is 1. The molecule has 0 spiro atoms. The zero-order chi connectivity index (χ0) is 18.2. The molecule has 0 aliphatic carbocycles. The monoisotopic (exact) mass is 353 g/mol. The Labute approximate surface area is 151 Å². The largest absolute Gasteiger partial charge is 0.486 e. The third-order valence-corrected chi connectivity index (χ3v) is 3.65. The van der Waals surface area contributed by atoms with E-state index in [1.165, 1.54) is 6.08 Å². The van der Waals surface area contributed by atoms with E-state index >= 15 is 0 Å². The molecule has 0 unspecified atom stereocenters. The molecule has 1 N–H and O–H groups in total. The van der Waals surface area contributed by atoms with Crippen molar-refractivity contribution in [1.82, 2.24) is 5.32 Å². The number of ether oxygens (including phenoxy) is 3. The van der Waals surface area contributed by atoms with Crippen molar-refractivity contribution < 1.29 is 23.8 Å². The molecule has 134 valence electrons. The lowest BCUT2D eigenvalue weighted by molar-refractivity contribution is -0.143. The van der Waals surface area contributed by atoms with Crippen LogP contribution in [0.25, 0.3) is 6.08 Å². The molecule has 1 heterocycles. The number of nitrogens with one attached hydrogen (secondary N) is 1. The molecular formula is C20H19NO5. The lowest BCUT2D eigenvalue weighted by Gasteiger charge is -2.26. The molecule has 0 saturated heterocycles. The molecule has 0 saturated carbocycles. The molecule has 0 radical (unpaired) electrons. The molecular weight excluding hydrogens is 334 g/mol. The molecule has 0 aromatic heterocycles. The predicted octanol–water partition coefficient (Wildman–Crippen LogP) is 2.20. The first-order chi connectivity index (χ1) is 12.7. The van der Waals surface area contributed by atoms with Gasteiger partial charge in [-0.05, 0) is 23.8 Å². The Morgan fingerprint density at radius 3 is 2.62 bits per heavy atom.